The van der Waals surface area contributed by atoms with E-state index in [0.717, 1.165) is 13.0 Å². The van der Waals surface area contributed by atoms with Crippen LogP contribution in [0.15, 0.2) is 24.3 Å². The number of carbonyl (C=O) groups excluding carboxylic acids is 1. The van der Waals surface area contributed by atoms with Crippen molar-refractivity contribution in [2.45, 2.75) is 58.8 Å². The van der Waals surface area contributed by atoms with Gasteiger partial charge in [0.2, 0.25) is 0 Å². The average Bonchev–Trinajstić information content (AvgIpc) is 2.50. The van der Waals surface area contributed by atoms with E-state index in [1.54, 1.807) is 0 Å². The molecule has 1 rings (SSSR count). The molecule has 0 radical (unpaired) electrons. The fourth-order valence-electron chi connectivity index (χ4n) is 2.17. The summed E-state index contributed by atoms with van der Waals surface area (Å²) >= 11 is 5.16. The average molecular weight is 321 g/mol. The molecule has 0 aromatic heterocycles. The highest BCUT2D eigenvalue weighted by atomic mass is 32.1. The Morgan fingerprint density at radius 2 is 1.73 bits per heavy atom. The van der Waals surface area contributed by atoms with Crippen molar-refractivity contribution in [2.75, 3.05) is 6.54 Å². The number of carbonyl (C=O) groups is 1. The van der Waals surface area contributed by atoms with Gasteiger partial charge in [0.15, 0.2) is 5.11 Å². The lowest BCUT2D eigenvalue weighted by atomic mass is 10.0. The van der Waals surface area contributed by atoms with Crippen molar-refractivity contribution >= 4 is 23.2 Å². The minimum Gasteiger partial charge on any atom is -0.362 e. The Labute approximate surface area is 139 Å². The molecule has 0 heterocycles. The fourth-order valence-corrected chi connectivity index (χ4v) is 2.36. The van der Waals surface area contributed by atoms with Crippen molar-refractivity contribution < 1.29 is 4.79 Å². The van der Waals surface area contributed by atoms with E-state index in [2.05, 4.69) is 31.4 Å². The third-order valence-electron chi connectivity index (χ3n) is 3.63. The molecule has 0 unspecified atom stereocenters. The van der Waals surface area contributed by atoms with Crippen molar-refractivity contribution in [1.82, 2.24) is 10.6 Å². The van der Waals surface area contributed by atoms with Gasteiger partial charge in [-0.1, -0.05) is 58.6 Å². The van der Waals surface area contributed by atoms with Gasteiger partial charge >= 0.3 is 0 Å². The van der Waals surface area contributed by atoms with E-state index in [1.165, 1.54) is 31.2 Å². The first-order valence-electron chi connectivity index (χ1n) is 8.23. The Hall–Kier alpha value is -1.42. The summed E-state index contributed by atoms with van der Waals surface area (Å²) in [5.41, 5.74) is 1.86. The van der Waals surface area contributed by atoms with Gasteiger partial charge in [0, 0.05) is 12.1 Å². The van der Waals surface area contributed by atoms with Gasteiger partial charge in [0.25, 0.3) is 5.91 Å². The van der Waals surface area contributed by atoms with Crippen LogP contribution in [0.4, 0.5) is 0 Å². The van der Waals surface area contributed by atoms with E-state index in [1.807, 2.05) is 24.3 Å². The Kier molecular flexibility index (Phi) is 8.75. The smallest absolute Gasteiger partial charge is 0.257 e. The van der Waals surface area contributed by atoms with Crippen molar-refractivity contribution in [3.05, 3.63) is 35.4 Å². The molecule has 0 fully saturated rings. The second-order valence-electron chi connectivity index (χ2n) is 5.90. The predicted octanol–water partition coefficient (Wildman–Crippen LogP) is 4.38. The molecule has 1 aromatic rings. The van der Waals surface area contributed by atoms with Gasteiger partial charge in [0.1, 0.15) is 0 Å². The maximum absolute atomic E-state index is 12.1. The van der Waals surface area contributed by atoms with Crippen LogP contribution in [0.25, 0.3) is 0 Å². The molecule has 22 heavy (non-hydrogen) atoms. The Morgan fingerprint density at radius 1 is 1.09 bits per heavy atom. The Bertz CT molecular complexity index is 468. The topological polar surface area (TPSA) is 41.1 Å². The number of nitrogens with one attached hydrogen (secondary N) is 2. The minimum absolute atomic E-state index is 0.154. The first kappa shape index (κ1) is 18.6. The third kappa shape index (κ3) is 7.03. The summed E-state index contributed by atoms with van der Waals surface area (Å²) < 4.78 is 0. The molecule has 2 N–H and O–H groups in total. The molecule has 0 atom stereocenters. The van der Waals surface area contributed by atoms with Crippen LogP contribution in [0.1, 0.15) is 74.7 Å². The monoisotopic (exact) mass is 320 g/mol. The zero-order valence-corrected chi connectivity index (χ0v) is 14.8. The molecule has 0 aliphatic rings. The summed E-state index contributed by atoms with van der Waals surface area (Å²) in [6, 6.07) is 7.67. The zero-order valence-electron chi connectivity index (χ0n) is 13.9. The highest BCUT2D eigenvalue weighted by Crippen LogP contribution is 2.14. The lowest BCUT2D eigenvalue weighted by molar-refractivity contribution is 0.0976. The first-order chi connectivity index (χ1) is 10.5. The maximum Gasteiger partial charge on any atom is 0.257 e. The van der Waals surface area contributed by atoms with Crippen molar-refractivity contribution in [3.63, 3.8) is 0 Å². The molecule has 1 aromatic carbocycles. The minimum atomic E-state index is -0.154. The lowest BCUT2D eigenvalue weighted by Gasteiger charge is -2.10. The van der Waals surface area contributed by atoms with Crippen molar-refractivity contribution in [1.29, 1.82) is 0 Å². The van der Waals surface area contributed by atoms with Crippen molar-refractivity contribution in [2.24, 2.45) is 0 Å². The summed E-state index contributed by atoms with van der Waals surface area (Å²) in [5.74, 6) is 0.311. The van der Waals surface area contributed by atoms with Crippen LogP contribution in [0.2, 0.25) is 0 Å². The van der Waals surface area contributed by atoms with Crippen LogP contribution in [0, 0.1) is 0 Å². The number of amides is 1. The standard InChI is InChI=1S/C18H28N2OS/c1-4-5-6-7-8-13-19-18(22)20-17(21)16-11-9-15(10-12-16)14(2)3/h9-12,14H,4-8,13H2,1-3H3,(H2,19,20,21,22). The number of rotatable bonds is 8. The highest BCUT2D eigenvalue weighted by Gasteiger charge is 2.08. The Balaban J connectivity index is 2.30. The number of unbranched alkanes of at least 4 members (excludes halogenated alkanes) is 4. The molecule has 4 heteroatoms. The van der Waals surface area contributed by atoms with E-state index in [9.17, 15) is 4.79 Å². The molecule has 0 bridgehead atoms. The largest absolute Gasteiger partial charge is 0.362 e. The maximum atomic E-state index is 12.1. The van der Waals surface area contributed by atoms with Crippen LogP contribution in [-0.2, 0) is 0 Å². The van der Waals surface area contributed by atoms with Crippen LogP contribution in [0.5, 0.6) is 0 Å². The molecule has 0 saturated carbocycles. The molecule has 122 valence electrons. The van der Waals surface area contributed by atoms with Crippen LogP contribution < -0.4 is 10.6 Å². The quantitative estimate of drug-likeness (QED) is 0.551. The molecular weight excluding hydrogens is 292 g/mol. The van der Waals surface area contributed by atoms with Gasteiger partial charge in [-0.2, -0.15) is 0 Å². The summed E-state index contributed by atoms with van der Waals surface area (Å²) in [6.45, 7) is 7.29. The van der Waals surface area contributed by atoms with E-state index in [0.29, 0.717) is 16.6 Å². The number of hydrogen-bond donors (Lipinski definition) is 2. The number of benzene rings is 1. The molecule has 0 spiro atoms. The van der Waals surface area contributed by atoms with Gasteiger partial charge in [-0.3, -0.25) is 10.1 Å². The summed E-state index contributed by atoms with van der Waals surface area (Å²) in [4.78, 5) is 12.1. The summed E-state index contributed by atoms with van der Waals surface area (Å²) in [5, 5.41) is 6.23. The SMILES string of the molecule is CCCCCCCNC(=S)NC(=O)c1ccc(C(C)C)cc1. The summed E-state index contributed by atoms with van der Waals surface area (Å²) in [6.07, 6.45) is 6.08. The molecule has 0 saturated heterocycles. The Morgan fingerprint density at radius 3 is 2.32 bits per heavy atom. The highest BCUT2D eigenvalue weighted by molar-refractivity contribution is 7.80. The predicted molar refractivity (Wildman–Crippen MR) is 97.4 cm³/mol. The number of thiocarbonyl (C=S) groups is 1. The molecule has 0 aliphatic heterocycles. The third-order valence-corrected chi connectivity index (χ3v) is 3.88. The lowest BCUT2D eigenvalue weighted by Crippen LogP contribution is -2.39. The molecule has 3 nitrogen and oxygen atoms in total. The van der Waals surface area contributed by atoms with Gasteiger partial charge in [-0.25, -0.2) is 0 Å². The summed E-state index contributed by atoms with van der Waals surface area (Å²) in [7, 11) is 0. The van der Waals surface area contributed by atoms with E-state index < -0.39 is 0 Å². The van der Waals surface area contributed by atoms with Gasteiger partial charge in [0.05, 0.1) is 0 Å². The van der Waals surface area contributed by atoms with Gasteiger partial charge < -0.3 is 5.32 Å². The van der Waals surface area contributed by atoms with Gasteiger partial charge in [-0.15, -0.1) is 0 Å². The fraction of sp³-hybridized carbons (Fsp3) is 0.556. The van der Waals surface area contributed by atoms with Crippen LogP contribution >= 0.6 is 12.2 Å². The molecule has 0 aliphatic carbocycles. The number of hydrogen-bond acceptors (Lipinski definition) is 2. The first-order valence-corrected chi connectivity index (χ1v) is 8.64. The van der Waals surface area contributed by atoms with E-state index in [4.69, 9.17) is 12.2 Å². The normalized spacial score (nSPS) is 10.5. The van der Waals surface area contributed by atoms with Gasteiger partial charge in [-0.05, 0) is 42.3 Å². The van der Waals surface area contributed by atoms with Crippen LogP contribution in [-0.4, -0.2) is 17.6 Å². The second-order valence-corrected chi connectivity index (χ2v) is 6.31. The molecule has 1 amide bonds. The zero-order chi connectivity index (χ0) is 16.4. The van der Waals surface area contributed by atoms with Crippen LogP contribution in [0.3, 0.4) is 0 Å². The second kappa shape index (κ2) is 10.3. The molecular formula is C18H28N2OS. The van der Waals surface area contributed by atoms with E-state index >= 15 is 0 Å². The van der Waals surface area contributed by atoms with E-state index in [-0.39, 0.29) is 5.91 Å². The van der Waals surface area contributed by atoms with Crippen molar-refractivity contribution in [3.8, 4) is 0 Å².